The van der Waals surface area contributed by atoms with Gasteiger partial charge in [-0.1, -0.05) is 11.6 Å². The fourth-order valence-electron chi connectivity index (χ4n) is 1.91. The van der Waals surface area contributed by atoms with E-state index in [9.17, 15) is 13.2 Å². The standard InChI is InChI=1S/C14H8ClF3N2OS/c15-8-1-3-9(4-2-8)21-11-5-6-12(22-14(16,17)18)13-10(11)7-19-20-13/h1-7H,(H,19,20). The predicted octanol–water partition coefficient (Wildman–Crippen LogP) is 5.62. The Morgan fingerprint density at radius 1 is 1.09 bits per heavy atom. The summed E-state index contributed by atoms with van der Waals surface area (Å²) in [5.41, 5.74) is -4.08. The summed E-state index contributed by atoms with van der Waals surface area (Å²) in [5.74, 6) is 0.945. The predicted molar refractivity (Wildman–Crippen MR) is 79.5 cm³/mol. The zero-order valence-corrected chi connectivity index (χ0v) is 12.4. The van der Waals surface area contributed by atoms with Crippen LogP contribution >= 0.6 is 23.4 Å². The number of benzene rings is 2. The molecule has 0 atom stereocenters. The summed E-state index contributed by atoms with van der Waals surface area (Å²) in [6.45, 7) is 0. The van der Waals surface area contributed by atoms with E-state index >= 15 is 0 Å². The first-order valence-electron chi connectivity index (χ1n) is 6.07. The number of rotatable bonds is 3. The number of ether oxygens (including phenoxy) is 1. The van der Waals surface area contributed by atoms with Gasteiger partial charge >= 0.3 is 5.51 Å². The molecule has 0 aliphatic heterocycles. The van der Waals surface area contributed by atoms with Gasteiger partial charge in [0.2, 0.25) is 0 Å². The third-order valence-corrected chi connectivity index (χ3v) is 3.85. The Morgan fingerprint density at radius 2 is 1.82 bits per heavy atom. The lowest BCUT2D eigenvalue weighted by molar-refractivity contribution is -0.0327. The first-order valence-corrected chi connectivity index (χ1v) is 7.27. The summed E-state index contributed by atoms with van der Waals surface area (Å²) >= 11 is 5.60. The molecule has 114 valence electrons. The van der Waals surface area contributed by atoms with Crippen LogP contribution in [0.4, 0.5) is 13.2 Å². The highest BCUT2D eigenvalue weighted by Gasteiger charge is 2.30. The zero-order valence-electron chi connectivity index (χ0n) is 10.8. The number of H-pyrrole nitrogens is 1. The van der Waals surface area contributed by atoms with E-state index in [-0.39, 0.29) is 22.2 Å². The topological polar surface area (TPSA) is 37.9 Å². The molecule has 0 saturated carbocycles. The van der Waals surface area contributed by atoms with E-state index in [4.69, 9.17) is 16.3 Å². The van der Waals surface area contributed by atoms with Gasteiger partial charge in [0.05, 0.1) is 17.1 Å². The Bertz CT molecular complexity index is 802. The Balaban J connectivity index is 1.96. The van der Waals surface area contributed by atoms with E-state index in [0.29, 0.717) is 21.9 Å². The molecule has 0 spiro atoms. The molecule has 1 aromatic heterocycles. The molecule has 0 aliphatic rings. The average molecular weight is 345 g/mol. The van der Waals surface area contributed by atoms with Crippen LogP contribution in [-0.2, 0) is 0 Å². The van der Waals surface area contributed by atoms with Gasteiger partial charge in [0.15, 0.2) is 0 Å². The van der Waals surface area contributed by atoms with Gasteiger partial charge in [0, 0.05) is 9.92 Å². The molecule has 0 radical (unpaired) electrons. The molecule has 0 fully saturated rings. The molecule has 0 aliphatic carbocycles. The van der Waals surface area contributed by atoms with Crippen LogP contribution in [0.15, 0.2) is 47.5 Å². The maximum absolute atomic E-state index is 12.5. The summed E-state index contributed by atoms with van der Waals surface area (Å²) in [4.78, 5) is 0.0449. The van der Waals surface area contributed by atoms with Crippen molar-refractivity contribution in [2.75, 3.05) is 0 Å². The average Bonchev–Trinajstić information content (AvgIpc) is 2.92. The van der Waals surface area contributed by atoms with Crippen LogP contribution in [0.2, 0.25) is 5.02 Å². The summed E-state index contributed by atoms with van der Waals surface area (Å²) in [6, 6.07) is 9.51. The third kappa shape index (κ3) is 3.31. The molecule has 8 heteroatoms. The van der Waals surface area contributed by atoms with Crippen molar-refractivity contribution < 1.29 is 17.9 Å². The van der Waals surface area contributed by atoms with Crippen LogP contribution < -0.4 is 4.74 Å². The van der Waals surface area contributed by atoms with E-state index in [1.165, 1.54) is 18.3 Å². The second-order valence-corrected chi connectivity index (χ2v) is 5.87. The van der Waals surface area contributed by atoms with Gasteiger partial charge in [0.1, 0.15) is 11.5 Å². The molecule has 22 heavy (non-hydrogen) atoms. The quantitative estimate of drug-likeness (QED) is 0.626. The molecule has 3 rings (SSSR count). The minimum atomic E-state index is -4.36. The van der Waals surface area contributed by atoms with Gasteiger partial charge in [-0.05, 0) is 48.2 Å². The number of aromatic nitrogens is 2. The van der Waals surface area contributed by atoms with Crippen LogP contribution in [0.5, 0.6) is 11.5 Å². The number of hydrogen-bond donors (Lipinski definition) is 1. The number of halogens is 4. The number of fused-ring (bicyclic) bond motifs is 1. The second-order valence-electron chi connectivity index (χ2n) is 4.32. The number of hydrogen-bond acceptors (Lipinski definition) is 3. The SMILES string of the molecule is FC(F)(F)Sc1ccc(Oc2ccc(Cl)cc2)c2cn[nH]c12. The van der Waals surface area contributed by atoms with Gasteiger partial charge in [-0.15, -0.1) is 0 Å². The van der Waals surface area contributed by atoms with Crippen LogP contribution in [0.25, 0.3) is 10.9 Å². The molecule has 0 bridgehead atoms. The van der Waals surface area contributed by atoms with Crippen molar-refractivity contribution >= 4 is 34.3 Å². The minimum absolute atomic E-state index is 0.0449. The van der Waals surface area contributed by atoms with Crippen LogP contribution in [0, 0.1) is 0 Å². The summed E-state index contributed by atoms with van der Waals surface area (Å²) in [7, 11) is 0. The molecule has 0 unspecified atom stereocenters. The molecule has 2 aromatic carbocycles. The van der Waals surface area contributed by atoms with Crippen molar-refractivity contribution in [3.05, 3.63) is 47.6 Å². The third-order valence-electron chi connectivity index (χ3n) is 2.80. The van der Waals surface area contributed by atoms with Crippen LogP contribution in [0.3, 0.4) is 0 Å². The molecular weight excluding hydrogens is 337 g/mol. The van der Waals surface area contributed by atoms with E-state index in [0.717, 1.165) is 0 Å². The molecule has 0 saturated heterocycles. The summed E-state index contributed by atoms with van der Waals surface area (Å²) in [6.07, 6.45) is 1.43. The Hall–Kier alpha value is -1.86. The highest BCUT2D eigenvalue weighted by atomic mass is 35.5. The Morgan fingerprint density at radius 3 is 2.50 bits per heavy atom. The maximum Gasteiger partial charge on any atom is 0.446 e. The number of nitrogens with one attached hydrogen (secondary N) is 1. The van der Waals surface area contributed by atoms with E-state index in [1.807, 2.05) is 0 Å². The van der Waals surface area contributed by atoms with Gasteiger partial charge in [-0.3, -0.25) is 5.10 Å². The van der Waals surface area contributed by atoms with Gasteiger partial charge in [0.25, 0.3) is 0 Å². The van der Waals surface area contributed by atoms with Crippen LogP contribution in [0.1, 0.15) is 0 Å². The van der Waals surface area contributed by atoms with E-state index in [1.54, 1.807) is 24.3 Å². The lowest BCUT2D eigenvalue weighted by Crippen LogP contribution is -1.99. The van der Waals surface area contributed by atoms with Gasteiger partial charge in [-0.2, -0.15) is 18.3 Å². The number of thioether (sulfide) groups is 1. The second kappa shape index (κ2) is 5.73. The molecule has 1 N–H and O–H groups in total. The first kappa shape index (κ1) is 15.1. The zero-order chi connectivity index (χ0) is 15.7. The molecular formula is C14H8ClF3N2OS. The Labute approximate surface area is 132 Å². The lowest BCUT2D eigenvalue weighted by Gasteiger charge is -2.10. The highest BCUT2D eigenvalue weighted by molar-refractivity contribution is 8.00. The van der Waals surface area contributed by atoms with Crippen molar-refractivity contribution in [3.8, 4) is 11.5 Å². The van der Waals surface area contributed by atoms with Crippen LogP contribution in [-0.4, -0.2) is 15.7 Å². The smallest absolute Gasteiger partial charge is 0.446 e. The van der Waals surface area contributed by atoms with Crippen molar-refractivity contribution in [2.24, 2.45) is 0 Å². The van der Waals surface area contributed by atoms with Crippen molar-refractivity contribution in [1.29, 1.82) is 0 Å². The molecule has 3 aromatic rings. The van der Waals surface area contributed by atoms with E-state index < -0.39 is 5.51 Å². The van der Waals surface area contributed by atoms with E-state index in [2.05, 4.69) is 10.2 Å². The Kier molecular flexibility index (Phi) is 3.92. The number of aromatic amines is 1. The minimum Gasteiger partial charge on any atom is -0.457 e. The highest BCUT2D eigenvalue weighted by Crippen LogP contribution is 2.42. The fourth-order valence-corrected chi connectivity index (χ4v) is 2.68. The van der Waals surface area contributed by atoms with Crippen molar-refractivity contribution in [3.63, 3.8) is 0 Å². The number of nitrogens with zero attached hydrogens (tertiary/aromatic N) is 1. The molecule has 1 heterocycles. The maximum atomic E-state index is 12.5. The first-order chi connectivity index (χ1) is 10.4. The normalized spacial score (nSPS) is 11.8. The van der Waals surface area contributed by atoms with Gasteiger partial charge in [-0.25, -0.2) is 0 Å². The summed E-state index contributed by atoms with van der Waals surface area (Å²) in [5, 5.41) is 7.42. The molecule has 3 nitrogen and oxygen atoms in total. The fraction of sp³-hybridized carbons (Fsp3) is 0.0714. The van der Waals surface area contributed by atoms with Gasteiger partial charge < -0.3 is 4.74 Å². The van der Waals surface area contributed by atoms with Crippen molar-refractivity contribution in [1.82, 2.24) is 10.2 Å². The van der Waals surface area contributed by atoms with Crippen molar-refractivity contribution in [2.45, 2.75) is 10.4 Å². The molecule has 0 amide bonds. The number of alkyl halides is 3. The summed E-state index contributed by atoms with van der Waals surface area (Å²) < 4.78 is 43.3. The lowest BCUT2D eigenvalue weighted by atomic mass is 10.2. The monoisotopic (exact) mass is 344 g/mol. The largest absolute Gasteiger partial charge is 0.457 e.